The van der Waals surface area contributed by atoms with Crippen LogP contribution in [0.15, 0.2) is 16.6 Å². The smallest absolute Gasteiger partial charge is 0.239 e. The van der Waals surface area contributed by atoms with E-state index in [4.69, 9.17) is 0 Å². The van der Waals surface area contributed by atoms with Gasteiger partial charge in [0.15, 0.2) is 5.96 Å². The summed E-state index contributed by atoms with van der Waals surface area (Å²) in [5, 5.41) is 3.52. The Morgan fingerprint density at radius 2 is 1.85 bits per heavy atom. The van der Waals surface area contributed by atoms with Gasteiger partial charge in [-0.05, 0) is 45.4 Å². The van der Waals surface area contributed by atoms with Crippen molar-refractivity contribution in [2.24, 2.45) is 4.99 Å². The number of carbonyl (C=O) groups excluding carboxylic acids is 1. The van der Waals surface area contributed by atoms with Gasteiger partial charge in [0.25, 0.3) is 0 Å². The van der Waals surface area contributed by atoms with Gasteiger partial charge in [-0.15, -0.1) is 0 Å². The minimum Gasteiger partial charge on any atom is -0.356 e. The maximum Gasteiger partial charge on any atom is 0.239 e. The highest BCUT2D eigenvalue weighted by molar-refractivity contribution is 5.82. The molecule has 1 aliphatic carbocycles. The number of carbonyl (C=O) groups is 1. The molecule has 1 amide bonds. The molecule has 26 heavy (non-hydrogen) atoms. The van der Waals surface area contributed by atoms with Crippen molar-refractivity contribution < 1.29 is 4.79 Å². The molecule has 1 atom stereocenters. The minimum absolute atomic E-state index is 0.000437. The van der Waals surface area contributed by atoms with Crippen molar-refractivity contribution in [3.8, 4) is 0 Å². The number of amides is 1. The van der Waals surface area contributed by atoms with Gasteiger partial charge < -0.3 is 15.1 Å². The normalized spacial score (nSPS) is 23.3. The van der Waals surface area contributed by atoms with E-state index in [-0.39, 0.29) is 6.04 Å². The number of nitrogens with zero attached hydrogens (tertiary/aromatic N) is 4. The molecule has 146 valence electrons. The van der Waals surface area contributed by atoms with Crippen LogP contribution in [0.25, 0.3) is 0 Å². The van der Waals surface area contributed by atoms with E-state index in [2.05, 4.69) is 33.1 Å². The van der Waals surface area contributed by atoms with Crippen molar-refractivity contribution in [1.82, 2.24) is 20.0 Å². The van der Waals surface area contributed by atoms with Crippen LogP contribution in [0.5, 0.6) is 0 Å². The Morgan fingerprint density at radius 3 is 2.46 bits per heavy atom. The molecule has 3 rings (SSSR count). The molecule has 0 radical (unpaired) electrons. The highest BCUT2D eigenvalue weighted by Gasteiger charge is 2.30. The Labute approximate surface area is 158 Å². The molecule has 2 heterocycles. The molecule has 2 saturated heterocycles. The lowest BCUT2D eigenvalue weighted by Gasteiger charge is -2.39. The zero-order chi connectivity index (χ0) is 18.4. The first-order chi connectivity index (χ1) is 12.7. The van der Waals surface area contributed by atoms with Crippen LogP contribution in [0, 0.1) is 0 Å². The number of allylic oxidation sites excluding steroid dienone is 1. The highest BCUT2D eigenvalue weighted by Crippen LogP contribution is 2.20. The van der Waals surface area contributed by atoms with Crippen molar-refractivity contribution in [3.05, 3.63) is 11.6 Å². The minimum atomic E-state index is -0.000437. The fraction of sp³-hybridized carbons (Fsp3) is 0.800. The number of hydrogen-bond acceptors (Lipinski definition) is 3. The average Bonchev–Trinajstić information content (AvgIpc) is 3.38. The lowest BCUT2D eigenvalue weighted by atomic mass is 10.2. The van der Waals surface area contributed by atoms with Gasteiger partial charge >= 0.3 is 0 Å². The first kappa shape index (κ1) is 19.2. The van der Waals surface area contributed by atoms with E-state index in [0.29, 0.717) is 5.91 Å². The average molecular weight is 362 g/mol. The Kier molecular flexibility index (Phi) is 6.94. The van der Waals surface area contributed by atoms with Crippen LogP contribution in [0.3, 0.4) is 0 Å². The Balaban J connectivity index is 1.41. The SMILES string of the molecule is CN=C(NCCC1=CCCC1)N1CCN(C(C)C(=O)N2CCCC2)CC1. The maximum atomic E-state index is 12.6. The molecule has 0 bridgehead atoms. The molecule has 6 nitrogen and oxygen atoms in total. The summed E-state index contributed by atoms with van der Waals surface area (Å²) < 4.78 is 0. The molecule has 0 spiro atoms. The number of likely N-dealkylation sites (tertiary alicyclic amines) is 1. The van der Waals surface area contributed by atoms with Crippen molar-refractivity contribution in [3.63, 3.8) is 0 Å². The predicted molar refractivity (Wildman–Crippen MR) is 106 cm³/mol. The van der Waals surface area contributed by atoms with Crippen LogP contribution in [0.4, 0.5) is 0 Å². The second-order valence-corrected chi connectivity index (χ2v) is 7.71. The van der Waals surface area contributed by atoms with Gasteiger partial charge in [0.1, 0.15) is 0 Å². The van der Waals surface area contributed by atoms with E-state index < -0.39 is 0 Å². The second kappa shape index (κ2) is 9.40. The molecule has 0 aromatic heterocycles. The highest BCUT2D eigenvalue weighted by atomic mass is 16.2. The zero-order valence-corrected chi connectivity index (χ0v) is 16.5. The summed E-state index contributed by atoms with van der Waals surface area (Å²) in [6, 6.07) is -0.000437. The first-order valence-electron chi connectivity index (χ1n) is 10.4. The van der Waals surface area contributed by atoms with E-state index in [9.17, 15) is 4.79 Å². The number of rotatable bonds is 5. The van der Waals surface area contributed by atoms with Gasteiger partial charge in [0.05, 0.1) is 6.04 Å². The molecule has 0 aromatic carbocycles. The molecule has 1 unspecified atom stereocenters. The molecule has 6 heteroatoms. The maximum absolute atomic E-state index is 12.6. The monoisotopic (exact) mass is 361 g/mol. The van der Waals surface area contributed by atoms with Gasteiger partial charge in [0, 0.05) is 52.9 Å². The quantitative estimate of drug-likeness (QED) is 0.460. The first-order valence-corrected chi connectivity index (χ1v) is 10.4. The Morgan fingerprint density at radius 1 is 1.12 bits per heavy atom. The largest absolute Gasteiger partial charge is 0.356 e. The van der Waals surface area contributed by atoms with Gasteiger partial charge in [-0.25, -0.2) is 0 Å². The fourth-order valence-corrected chi connectivity index (χ4v) is 4.31. The third-order valence-corrected chi connectivity index (χ3v) is 6.01. The summed E-state index contributed by atoms with van der Waals surface area (Å²) in [6.45, 7) is 8.62. The van der Waals surface area contributed by atoms with Crippen LogP contribution in [0.2, 0.25) is 0 Å². The molecule has 1 N–H and O–H groups in total. The Hall–Kier alpha value is -1.56. The van der Waals surface area contributed by atoms with Crippen LogP contribution < -0.4 is 5.32 Å². The van der Waals surface area contributed by atoms with Crippen molar-refractivity contribution >= 4 is 11.9 Å². The summed E-state index contributed by atoms with van der Waals surface area (Å²) in [5.74, 6) is 1.31. The lowest BCUT2D eigenvalue weighted by Crippen LogP contribution is -2.57. The van der Waals surface area contributed by atoms with E-state index in [0.717, 1.165) is 71.0 Å². The summed E-state index contributed by atoms with van der Waals surface area (Å²) >= 11 is 0. The summed E-state index contributed by atoms with van der Waals surface area (Å²) in [7, 11) is 1.86. The number of hydrogen-bond donors (Lipinski definition) is 1. The van der Waals surface area contributed by atoms with Crippen LogP contribution in [-0.2, 0) is 4.79 Å². The van der Waals surface area contributed by atoms with E-state index in [1.807, 2.05) is 11.9 Å². The fourth-order valence-electron chi connectivity index (χ4n) is 4.31. The van der Waals surface area contributed by atoms with Gasteiger partial charge in [-0.3, -0.25) is 14.7 Å². The third-order valence-electron chi connectivity index (χ3n) is 6.01. The van der Waals surface area contributed by atoms with Crippen LogP contribution in [0.1, 0.15) is 45.4 Å². The summed E-state index contributed by atoms with van der Waals surface area (Å²) in [5.41, 5.74) is 1.59. The Bertz CT molecular complexity index is 530. The van der Waals surface area contributed by atoms with Crippen LogP contribution in [-0.4, -0.2) is 85.5 Å². The topological polar surface area (TPSA) is 51.2 Å². The van der Waals surface area contributed by atoms with Gasteiger partial charge in [-0.2, -0.15) is 0 Å². The second-order valence-electron chi connectivity index (χ2n) is 7.71. The molecular weight excluding hydrogens is 326 g/mol. The molecule has 2 fully saturated rings. The molecule has 0 aromatic rings. The molecule has 0 saturated carbocycles. The van der Waals surface area contributed by atoms with E-state index in [1.165, 1.54) is 19.3 Å². The number of nitrogens with one attached hydrogen (secondary N) is 1. The molecule has 2 aliphatic heterocycles. The molecule has 3 aliphatic rings. The van der Waals surface area contributed by atoms with Gasteiger partial charge in [0.2, 0.25) is 5.91 Å². The van der Waals surface area contributed by atoms with Crippen LogP contribution >= 0.6 is 0 Å². The number of piperazine rings is 1. The predicted octanol–water partition coefficient (Wildman–Crippen LogP) is 1.69. The molecular formula is C20H35N5O. The summed E-state index contributed by atoms with van der Waals surface area (Å²) in [6.07, 6.45) is 9.67. The zero-order valence-electron chi connectivity index (χ0n) is 16.5. The third kappa shape index (κ3) is 4.78. The standard InChI is InChI=1S/C20H35N5O/c1-17(19(26)24-11-5-6-12-24)23-13-15-25(16-14-23)20(21-2)22-10-9-18-7-3-4-8-18/h7,17H,3-6,8-16H2,1-2H3,(H,21,22). The van der Waals surface area contributed by atoms with Crippen molar-refractivity contribution in [2.75, 3.05) is 52.9 Å². The van der Waals surface area contributed by atoms with Gasteiger partial charge in [-0.1, -0.05) is 11.6 Å². The van der Waals surface area contributed by atoms with Crippen molar-refractivity contribution in [1.29, 1.82) is 0 Å². The summed E-state index contributed by atoms with van der Waals surface area (Å²) in [4.78, 5) is 23.8. The number of guanidine groups is 1. The van der Waals surface area contributed by atoms with Crippen molar-refractivity contribution in [2.45, 2.75) is 51.5 Å². The lowest BCUT2D eigenvalue weighted by molar-refractivity contribution is -0.135. The number of aliphatic imine (C=N–C) groups is 1. The van der Waals surface area contributed by atoms with E-state index in [1.54, 1.807) is 5.57 Å². The van der Waals surface area contributed by atoms with E-state index >= 15 is 0 Å².